The van der Waals surface area contributed by atoms with Crippen molar-refractivity contribution in [1.82, 2.24) is 15.3 Å². The molecule has 0 radical (unpaired) electrons. The minimum Gasteiger partial charge on any atom is -0.346 e. The molecule has 2 N–H and O–H groups in total. The number of fused-ring (bicyclic) bond motifs is 2. The van der Waals surface area contributed by atoms with Gasteiger partial charge in [-0.1, -0.05) is 12.2 Å². The van der Waals surface area contributed by atoms with Gasteiger partial charge in [-0.25, -0.2) is 4.98 Å². The number of allylic oxidation sites excluding steroid dienone is 2. The third kappa shape index (κ3) is 2.57. The van der Waals surface area contributed by atoms with E-state index in [2.05, 4.69) is 56.5 Å². The molecule has 4 heterocycles. The van der Waals surface area contributed by atoms with Crippen LogP contribution in [0.2, 0.25) is 0 Å². The van der Waals surface area contributed by atoms with Gasteiger partial charge in [0, 0.05) is 29.7 Å². The van der Waals surface area contributed by atoms with Crippen LogP contribution < -0.4 is 5.32 Å². The van der Waals surface area contributed by atoms with Gasteiger partial charge in [0.25, 0.3) is 0 Å². The molecule has 1 unspecified atom stereocenters. The zero-order valence-corrected chi connectivity index (χ0v) is 14.9. The number of pyridine rings is 1. The molecule has 3 nitrogen and oxygen atoms in total. The molecule has 1 fully saturated rings. The van der Waals surface area contributed by atoms with Crippen molar-refractivity contribution in [2.24, 2.45) is 0 Å². The van der Waals surface area contributed by atoms with Crippen LogP contribution in [0.4, 0.5) is 0 Å². The summed E-state index contributed by atoms with van der Waals surface area (Å²) < 4.78 is 0. The van der Waals surface area contributed by atoms with Gasteiger partial charge < -0.3 is 10.3 Å². The summed E-state index contributed by atoms with van der Waals surface area (Å²) in [6, 6.07) is 6.50. The first-order valence-corrected chi connectivity index (χ1v) is 9.84. The van der Waals surface area contributed by atoms with E-state index in [0.29, 0.717) is 0 Å². The molecular formula is C21H21N3S. The van der Waals surface area contributed by atoms with Crippen LogP contribution in [0.5, 0.6) is 0 Å². The minimum atomic E-state index is 0.0445. The SMILES string of the molecule is C1=C2CCNCC2=CC(Cc2c[nH]c3ncccc23)(c2ccsc2)C1. The van der Waals surface area contributed by atoms with E-state index in [0.717, 1.165) is 38.0 Å². The summed E-state index contributed by atoms with van der Waals surface area (Å²) in [6.45, 7) is 2.09. The molecule has 0 amide bonds. The number of nitrogens with zero attached hydrogens (tertiary/aromatic N) is 1. The molecule has 0 aromatic carbocycles. The Kier molecular flexibility index (Phi) is 3.61. The van der Waals surface area contributed by atoms with Gasteiger partial charge in [0.2, 0.25) is 0 Å². The second-order valence-electron chi connectivity index (χ2n) is 7.09. The molecule has 2 aliphatic rings. The highest BCUT2D eigenvalue weighted by Crippen LogP contribution is 2.42. The zero-order chi connectivity index (χ0) is 16.7. The third-order valence-electron chi connectivity index (χ3n) is 5.60. The van der Waals surface area contributed by atoms with Gasteiger partial charge in [-0.2, -0.15) is 11.3 Å². The van der Waals surface area contributed by atoms with E-state index in [9.17, 15) is 0 Å². The summed E-state index contributed by atoms with van der Waals surface area (Å²) in [5, 5.41) is 9.29. The standard InChI is InChI=1S/C21H21N3S/c1-2-19-17(13-24-20(19)23-7-1)11-21(18-5-9-25-14-18)6-3-15-4-8-22-12-16(15)10-21/h1-3,5,7,9-10,13-14,22H,4,6,8,11-12H2,(H,23,24). The van der Waals surface area contributed by atoms with Gasteiger partial charge in [-0.05, 0) is 77.0 Å². The summed E-state index contributed by atoms with van der Waals surface area (Å²) in [4.78, 5) is 7.79. The van der Waals surface area contributed by atoms with Crippen LogP contribution in [0.25, 0.3) is 11.0 Å². The molecule has 3 aromatic heterocycles. The average Bonchev–Trinajstić information content (AvgIpc) is 3.33. The predicted molar refractivity (Wildman–Crippen MR) is 104 cm³/mol. The Hall–Kier alpha value is -2.17. The third-order valence-corrected chi connectivity index (χ3v) is 6.28. The molecule has 1 saturated heterocycles. The Labute approximate surface area is 151 Å². The topological polar surface area (TPSA) is 40.7 Å². The van der Waals surface area contributed by atoms with Crippen molar-refractivity contribution >= 4 is 22.4 Å². The van der Waals surface area contributed by atoms with E-state index in [1.165, 1.54) is 22.1 Å². The summed E-state index contributed by atoms with van der Waals surface area (Å²) in [5.41, 5.74) is 6.85. The van der Waals surface area contributed by atoms with Gasteiger partial charge in [-0.15, -0.1) is 0 Å². The first kappa shape index (κ1) is 15.1. The number of hydrogen-bond donors (Lipinski definition) is 2. The highest BCUT2D eigenvalue weighted by Gasteiger charge is 2.34. The maximum absolute atomic E-state index is 4.46. The number of H-pyrrole nitrogens is 1. The normalized spacial score (nSPS) is 23.2. The summed E-state index contributed by atoms with van der Waals surface area (Å²) in [6.07, 6.45) is 12.3. The molecule has 3 aromatic rings. The number of hydrogen-bond acceptors (Lipinski definition) is 3. The molecule has 1 aliphatic carbocycles. The second-order valence-corrected chi connectivity index (χ2v) is 7.87. The Morgan fingerprint density at radius 3 is 3.16 bits per heavy atom. The Morgan fingerprint density at radius 1 is 1.24 bits per heavy atom. The van der Waals surface area contributed by atoms with Crippen molar-refractivity contribution in [3.63, 3.8) is 0 Å². The zero-order valence-electron chi connectivity index (χ0n) is 14.1. The maximum Gasteiger partial charge on any atom is 0.137 e. The number of aromatic amines is 1. The number of thiophene rings is 1. The Balaban J connectivity index is 1.60. The number of rotatable bonds is 3. The van der Waals surface area contributed by atoms with Crippen LogP contribution in [0.3, 0.4) is 0 Å². The molecule has 126 valence electrons. The Bertz CT molecular complexity index is 964. The van der Waals surface area contributed by atoms with Crippen LogP contribution in [0.15, 0.2) is 64.7 Å². The molecule has 0 saturated carbocycles. The lowest BCUT2D eigenvalue weighted by molar-refractivity contribution is 0.517. The van der Waals surface area contributed by atoms with Gasteiger partial charge in [0.15, 0.2) is 0 Å². The molecule has 5 rings (SSSR count). The van der Waals surface area contributed by atoms with Crippen molar-refractivity contribution in [2.75, 3.05) is 13.1 Å². The predicted octanol–water partition coefficient (Wildman–Crippen LogP) is 4.35. The van der Waals surface area contributed by atoms with Gasteiger partial charge in [0.05, 0.1) is 0 Å². The van der Waals surface area contributed by atoms with E-state index in [1.807, 2.05) is 12.3 Å². The number of nitrogens with one attached hydrogen (secondary N) is 2. The van der Waals surface area contributed by atoms with Gasteiger partial charge >= 0.3 is 0 Å². The highest BCUT2D eigenvalue weighted by atomic mass is 32.1. The van der Waals surface area contributed by atoms with Crippen molar-refractivity contribution in [2.45, 2.75) is 24.7 Å². The quantitative estimate of drug-likeness (QED) is 0.739. The minimum absolute atomic E-state index is 0.0445. The highest BCUT2D eigenvalue weighted by molar-refractivity contribution is 7.08. The van der Waals surface area contributed by atoms with Crippen molar-refractivity contribution in [3.8, 4) is 0 Å². The first-order chi connectivity index (χ1) is 12.3. The maximum atomic E-state index is 4.46. The van der Waals surface area contributed by atoms with Gasteiger partial charge in [-0.3, -0.25) is 0 Å². The van der Waals surface area contributed by atoms with Crippen LogP contribution in [-0.2, 0) is 11.8 Å². The van der Waals surface area contributed by atoms with Crippen molar-refractivity contribution in [3.05, 3.63) is 75.8 Å². The molecule has 0 spiro atoms. The molecule has 25 heavy (non-hydrogen) atoms. The smallest absolute Gasteiger partial charge is 0.137 e. The molecule has 1 atom stereocenters. The fourth-order valence-electron chi connectivity index (χ4n) is 4.27. The fraction of sp³-hybridized carbons (Fsp3) is 0.286. The monoisotopic (exact) mass is 347 g/mol. The van der Waals surface area contributed by atoms with Crippen molar-refractivity contribution in [1.29, 1.82) is 0 Å². The average molecular weight is 347 g/mol. The fourth-order valence-corrected chi connectivity index (χ4v) is 5.03. The summed E-state index contributed by atoms with van der Waals surface area (Å²) in [5.74, 6) is 0. The summed E-state index contributed by atoms with van der Waals surface area (Å²) >= 11 is 1.79. The van der Waals surface area contributed by atoms with Gasteiger partial charge in [0.1, 0.15) is 5.65 Å². The van der Waals surface area contributed by atoms with Crippen LogP contribution in [0.1, 0.15) is 24.0 Å². The lowest BCUT2D eigenvalue weighted by Gasteiger charge is -2.36. The largest absolute Gasteiger partial charge is 0.346 e. The summed E-state index contributed by atoms with van der Waals surface area (Å²) in [7, 11) is 0. The van der Waals surface area contributed by atoms with E-state index in [-0.39, 0.29) is 5.41 Å². The molecule has 4 heteroatoms. The van der Waals surface area contributed by atoms with E-state index in [1.54, 1.807) is 16.9 Å². The van der Waals surface area contributed by atoms with E-state index in [4.69, 9.17) is 0 Å². The second kappa shape index (κ2) is 5.97. The van der Waals surface area contributed by atoms with E-state index >= 15 is 0 Å². The molecule has 1 aliphatic heterocycles. The lowest BCUT2D eigenvalue weighted by atomic mass is 9.69. The van der Waals surface area contributed by atoms with Crippen LogP contribution in [-0.4, -0.2) is 23.1 Å². The van der Waals surface area contributed by atoms with Crippen LogP contribution >= 0.6 is 11.3 Å². The van der Waals surface area contributed by atoms with E-state index < -0.39 is 0 Å². The molecule has 0 bridgehead atoms. The first-order valence-electron chi connectivity index (χ1n) is 8.90. The Morgan fingerprint density at radius 2 is 2.24 bits per heavy atom. The molecular weight excluding hydrogens is 326 g/mol. The number of aromatic nitrogens is 2. The number of piperidine rings is 1. The van der Waals surface area contributed by atoms with Crippen molar-refractivity contribution < 1.29 is 0 Å². The lowest BCUT2D eigenvalue weighted by Crippen LogP contribution is -2.33. The van der Waals surface area contributed by atoms with Crippen LogP contribution in [0, 0.1) is 0 Å².